The highest BCUT2D eigenvalue weighted by atomic mass is 32.2. The third-order valence-electron chi connectivity index (χ3n) is 3.17. The van der Waals surface area contributed by atoms with Crippen LogP contribution in [-0.4, -0.2) is 33.9 Å². The zero-order chi connectivity index (χ0) is 15.2. The van der Waals surface area contributed by atoms with Crippen LogP contribution >= 0.6 is 23.1 Å². The van der Waals surface area contributed by atoms with E-state index < -0.39 is 0 Å². The van der Waals surface area contributed by atoms with Crippen LogP contribution in [0.2, 0.25) is 0 Å². The van der Waals surface area contributed by atoms with E-state index in [9.17, 15) is 9.90 Å². The number of aromatic nitrogens is 1. The third kappa shape index (κ3) is 4.69. The summed E-state index contributed by atoms with van der Waals surface area (Å²) in [5.74, 6) is -0.0115. The average Bonchev–Trinajstić information content (AvgIpc) is 2.88. The molecule has 1 amide bonds. The van der Waals surface area contributed by atoms with Crippen molar-refractivity contribution in [3.8, 4) is 0 Å². The molecule has 114 valence electrons. The quantitative estimate of drug-likeness (QED) is 0.769. The number of benzene rings is 1. The lowest BCUT2D eigenvalue weighted by atomic mass is 10.2. The molecule has 21 heavy (non-hydrogen) atoms. The van der Waals surface area contributed by atoms with Crippen LogP contribution in [0.4, 0.5) is 0 Å². The summed E-state index contributed by atoms with van der Waals surface area (Å²) in [6.07, 6.45) is 0.977. The molecule has 2 N–H and O–H groups in total. The Morgan fingerprint density at radius 1 is 1.48 bits per heavy atom. The molecule has 0 aliphatic carbocycles. The van der Waals surface area contributed by atoms with Crippen molar-refractivity contribution in [2.24, 2.45) is 0 Å². The second kappa shape index (κ2) is 7.77. The number of aliphatic hydroxyl groups excluding tert-OH is 1. The predicted octanol–water partition coefficient (Wildman–Crippen LogP) is 3.05. The van der Waals surface area contributed by atoms with Gasteiger partial charge in [0.2, 0.25) is 5.91 Å². The number of fused-ring (bicyclic) bond motifs is 1. The first-order valence-corrected chi connectivity index (χ1v) is 8.77. The average molecular weight is 324 g/mol. The summed E-state index contributed by atoms with van der Waals surface area (Å²) in [6.45, 7) is 4.32. The molecule has 0 saturated carbocycles. The summed E-state index contributed by atoms with van der Waals surface area (Å²) < 4.78 is 2.05. The van der Waals surface area contributed by atoms with Crippen molar-refractivity contribution in [1.29, 1.82) is 0 Å². The Balaban J connectivity index is 1.85. The molecular weight excluding hydrogens is 304 g/mol. The van der Waals surface area contributed by atoms with Gasteiger partial charge in [-0.25, -0.2) is 4.98 Å². The number of nitrogens with zero attached hydrogens (tertiary/aromatic N) is 1. The normalized spacial score (nSPS) is 14.0. The van der Waals surface area contributed by atoms with E-state index in [1.165, 1.54) is 11.8 Å². The molecule has 0 spiro atoms. The number of aliphatic hydroxyl groups is 1. The molecule has 1 aromatic heterocycles. The van der Waals surface area contributed by atoms with Gasteiger partial charge in [0.25, 0.3) is 0 Å². The molecule has 0 fully saturated rings. The molecule has 1 aromatic carbocycles. The molecule has 0 aliphatic heterocycles. The van der Waals surface area contributed by atoms with Crippen LogP contribution in [0.5, 0.6) is 0 Å². The number of thiazole rings is 1. The molecule has 6 heteroatoms. The Morgan fingerprint density at radius 3 is 2.95 bits per heavy atom. The van der Waals surface area contributed by atoms with Crippen LogP contribution in [0.25, 0.3) is 10.2 Å². The molecule has 2 rings (SSSR count). The number of hydrogen-bond donors (Lipinski definition) is 2. The molecular formula is C15H20N2O2S2. The lowest BCUT2D eigenvalue weighted by Crippen LogP contribution is -2.33. The number of carbonyl (C=O) groups excluding carboxylic acids is 1. The highest BCUT2D eigenvalue weighted by Gasteiger charge is 2.16. The topological polar surface area (TPSA) is 62.2 Å². The zero-order valence-corrected chi connectivity index (χ0v) is 13.8. The molecule has 2 unspecified atom stereocenters. The number of carbonyl (C=O) groups is 1. The first kappa shape index (κ1) is 16.3. The monoisotopic (exact) mass is 324 g/mol. The maximum absolute atomic E-state index is 12.0. The highest BCUT2D eigenvalue weighted by molar-refractivity contribution is 8.02. The molecule has 2 atom stereocenters. The van der Waals surface area contributed by atoms with Gasteiger partial charge in [-0.2, -0.15) is 0 Å². The van der Waals surface area contributed by atoms with Crippen molar-refractivity contribution < 1.29 is 9.90 Å². The highest BCUT2D eigenvalue weighted by Crippen LogP contribution is 2.31. The van der Waals surface area contributed by atoms with Crippen molar-refractivity contribution in [2.75, 3.05) is 6.54 Å². The predicted molar refractivity (Wildman–Crippen MR) is 88.9 cm³/mol. The Labute approximate surface area is 133 Å². The van der Waals surface area contributed by atoms with Crippen molar-refractivity contribution in [3.63, 3.8) is 0 Å². The maximum Gasteiger partial charge on any atom is 0.233 e. The van der Waals surface area contributed by atoms with Crippen LogP contribution in [-0.2, 0) is 4.79 Å². The summed E-state index contributed by atoms with van der Waals surface area (Å²) in [4.78, 5) is 16.5. The number of para-hydroxylation sites is 1. The second-order valence-electron chi connectivity index (χ2n) is 4.85. The SMILES string of the molecule is CCC(O)CCNC(=O)C(C)Sc1nc2ccccc2s1. The third-order valence-corrected chi connectivity index (χ3v) is 5.40. The number of thioether (sulfide) groups is 1. The summed E-state index contributed by atoms with van der Waals surface area (Å²) in [7, 11) is 0. The largest absolute Gasteiger partial charge is 0.393 e. The molecule has 0 saturated heterocycles. The van der Waals surface area contributed by atoms with E-state index in [1.54, 1.807) is 11.3 Å². The fourth-order valence-electron chi connectivity index (χ4n) is 1.82. The van der Waals surface area contributed by atoms with E-state index in [1.807, 2.05) is 38.1 Å². The minimum Gasteiger partial charge on any atom is -0.393 e. The first-order valence-electron chi connectivity index (χ1n) is 7.08. The van der Waals surface area contributed by atoms with Crippen LogP contribution in [0, 0.1) is 0 Å². The molecule has 1 heterocycles. The van der Waals surface area contributed by atoms with E-state index in [-0.39, 0.29) is 17.3 Å². The van der Waals surface area contributed by atoms with Gasteiger partial charge < -0.3 is 10.4 Å². The molecule has 2 aromatic rings. The standard InChI is InChI=1S/C15H20N2O2S2/c1-3-11(18)8-9-16-14(19)10(2)20-15-17-12-6-4-5-7-13(12)21-15/h4-7,10-11,18H,3,8-9H2,1-2H3,(H,16,19). The van der Waals surface area contributed by atoms with Crippen molar-refractivity contribution in [3.05, 3.63) is 24.3 Å². The second-order valence-corrected chi connectivity index (χ2v) is 7.47. The van der Waals surface area contributed by atoms with Gasteiger partial charge in [0.1, 0.15) is 0 Å². The Bertz CT molecular complexity index is 567. The van der Waals surface area contributed by atoms with Gasteiger partial charge in [0.05, 0.1) is 21.6 Å². The van der Waals surface area contributed by atoms with Gasteiger partial charge in [-0.1, -0.05) is 30.8 Å². The van der Waals surface area contributed by atoms with Crippen molar-refractivity contribution >= 4 is 39.2 Å². The van der Waals surface area contributed by atoms with Gasteiger partial charge >= 0.3 is 0 Å². The van der Waals surface area contributed by atoms with E-state index in [4.69, 9.17) is 0 Å². The number of rotatable bonds is 7. The summed E-state index contributed by atoms with van der Waals surface area (Å²) >= 11 is 3.08. The molecule has 4 nitrogen and oxygen atoms in total. The van der Waals surface area contributed by atoms with E-state index in [2.05, 4.69) is 10.3 Å². The van der Waals surface area contributed by atoms with Gasteiger partial charge in [0.15, 0.2) is 4.34 Å². The Kier molecular flexibility index (Phi) is 6.02. The van der Waals surface area contributed by atoms with E-state index in [0.717, 1.165) is 14.6 Å². The van der Waals surface area contributed by atoms with Gasteiger partial charge in [0, 0.05) is 6.54 Å². The fourth-order valence-corrected chi connectivity index (χ4v) is 4.05. The lowest BCUT2D eigenvalue weighted by molar-refractivity contribution is -0.120. The lowest BCUT2D eigenvalue weighted by Gasteiger charge is -2.12. The Hall–Kier alpha value is -1.11. The number of nitrogens with one attached hydrogen (secondary N) is 1. The fraction of sp³-hybridized carbons (Fsp3) is 0.467. The van der Waals surface area contributed by atoms with Crippen molar-refractivity contribution in [1.82, 2.24) is 10.3 Å². The molecule has 0 bridgehead atoms. The Morgan fingerprint density at radius 2 is 2.24 bits per heavy atom. The van der Waals surface area contributed by atoms with Gasteiger partial charge in [-0.05, 0) is 31.9 Å². The minimum atomic E-state index is -0.336. The minimum absolute atomic E-state index is 0.0115. The van der Waals surface area contributed by atoms with Gasteiger partial charge in [-0.15, -0.1) is 11.3 Å². The van der Waals surface area contributed by atoms with Crippen LogP contribution in [0.15, 0.2) is 28.6 Å². The van der Waals surface area contributed by atoms with Gasteiger partial charge in [-0.3, -0.25) is 4.79 Å². The maximum atomic E-state index is 12.0. The van der Waals surface area contributed by atoms with Crippen LogP contribution in [0.1, 0.15) is 26.7 Å². The summed E-state index contributed by atoms with van der Waals surface area (Å²) in [5, 5.41) is 12.1. The number of amides is 1. The summed E-state index contributed by atoms with van der Waals surface area (Å²) in [5.41, 5.74) is 0.976. The van der Waals surface area contributed by atoms with Crippen LogP contribution < -0.4 is 5.32 Å². The zero-order valence-electron chi connectivity index (χ0n) is 12.2. The molecule has 0 aliphatic rings. The summed E-state index contributed by atoms with van der Waals surface area (Å²) in [6, 6.07) is 7.97. The number of hydrogen-bond acceptors (Lipinski definition) is 5. The van der Waals surface area contributed by atoms with Crippen LogP contribution in [0.3, 0.4) is 0 Å². The van der Waals surface area contributed by atoms with E-state index >= 15 is 0 Å². The van der Waals surface area contributed by atoms with E-state index in [0.29, 0.717) is 19.4 Å². The molecule has 0 radical (unpaired) electrons. The first-order chi connectivity index (χ1) is 10.1. The smallest absolute Gasteiger partial charge is 0.233 e. The van der Waals surface area contributed by atoms with Crippen molar-refractivity contribution in [2.45, 2.75) is 42.4 Å².